The van der Waals surface area contributed by atoms with Crippen LogP contribution in [0.25, 0.3) is 0 Å². The van der Waals surface area contributed by atoms with Gasteiger partial charge < -0.3 is 5.32 Å². The largest absolute Gasteiger partial charge is 0.311 e. The standard InChI is InChI=1S/C11H21N/c1-4-7-10(2)11(12-3)8-5-6-9-11/h12H,2,4-9H2,1,3H3. The molecule has 1 heteroatoms. The molecule has 1 saturated carbocycles. The molecule has 0 aromatic carbocycles. The van der Waals surface area contributed by atoms with Gasteiger partial charge in [0, 0.05) is 5.54 Å². The van der Waals surface area contributed by atoms with Crippen LogP contribution in [0, 0.1) is 0 Å². The molecule has 1 nitrogen and oxygen atoms in total. The molecule has 0 spiro atoms. The van der Waals surface area contributed by atoms with Crippen molar-refractivity contribution in [1.82, 2.24) is 5.32 Å². The lowest BCUT2D eigenvalue weighted by molar-refractivity contribution is 0.411. The predicted molar refractivity (Wildman–Crippen MR) is 54.3 cm³/mol. The van der Waals surface area contributed by atoms with Gasteiger partial charge in [-0.1, -0.05) is 38.3 Å². The van der Waals surface area contributed by atoms with Gasteiger partial charge in [0.05, 0.1) is 0 Å². The Bertz CT molecular complexity index is 154. The molecule has 0 atom stereocenters. The van der Waals surface area contributed by atoms with Crippen molar-refractivity contribution in [3.05, 3.63) is 12.2 Å². The van der Waals surface area contributed by atoms with Crippen molar-refractivity contribution in [2.24, 2.45) is 0 Å². The Hall–Kier alpha value is -0.300. The van der Waals surface area contributed by atoms with E-state index in [4.69, 9.17) is 0 Å². The van der Waals surface area contributed by atoms with E-state index in [0.717, 1.165) is 0 Å². The van der Waals surface area contributed by atoms with E-state index in [1.807, 2.05) is 0 Å². The van der Waals surface area contributed by atoms with Crippen LogP contribution in [-0.2, 0) is 0 Å². The van der Waals surface area contributed by atoms with Crippen LogP contribution in [0.3, 0.4) is 0 Å². The molecule has 0 heterocycles. The third-order valence-electron chi connectivity index (χ3n) is 3.16. The molecule has 0 saturated heterocycles. The van der Waals surface area contributed by atoms with Crippen molar-refractivity contribution in [3.63, 3.8) is 0 Å². The van der Waals surface area contributed by atoms with E-state index in [0.29, 0.717) is 5.54 Å². The van der Waals surface area contributed by atoms with Crippen LogP contribution >= 0.6 is 0 Å². The van der Waals surface area contributed by atoms with Crippen LogP contribution in [0.2, 0.25) is 0 Å². The van der Waals surface area contributed by atoms with Gasteiger partial charge in [0.25, 0.3) is 0 Å². The minimum Gasteiger partial charge on any atom is -0.311 e. The molecule has 0 aliphatic heterocycles. The molecule has 70 valence electrons. The van der Waals surface area contributed by atoms with Crippen molar-refractivity contribution in [2.75, 3.05) is 7.05 Å². The van der Waals surface area contributed by atoms with E-state index in [9.17, 15) is 0 Å². The second-order valence-electron chi connectivity index (χ2n) is 3.89. The maximum absolute atomic E-state index is 4.21. The normalized spacial score (nSPS) is 21.2. The van der Waals surface area contributed by atoms with E-state index >= 15 is 0 Å². The van der Waals surface area contributed by atoms with Gasteiger partial charge in [0.2, 0.25) is 0 Å². The first-order chi connectivity index (χ1) is 5.75. The van der Waals surface area contributed by atoms with E-state index in [1.54, 1.807) is 0 Å². The summed E-state index contributed by atoms with van der Waals surface area (Å²) in [6.45, 7) is 6.43. The van der Waals surface area contributed by atoms with Gasteiger partial charge >= 0.3 is 0 Å². The average molecular weight is 167 g/mol. The van der Waals surface area contributed by atoms with Crippen molar-refractivity contribution < 1.29 is 0 Å². The number of nitrogens with one attached hydrogen (secondary N) is 1. The Morgan fingerprint density at radius 2 is 2.00 bits per heavy atom. The van der Waals surface area contributed by atoms with Gasteiger partial charge in [0.1, 0.15) is 0 Å². The molecule has 0 amide bonds. The molecule has 0 aromatic rings. The molecule has 12 heavy (non-hydrogen) atoms. The third kappa shape index (κ3) is 1.71. The third-order valence-corrected chi connectivity index (χ3v) is 3.16. The van der Waals surface area contributed by atoms with Gasteiger partial charge in [-0.2, -0.15) is 0 Å². The Morgan fingerprint density at radius 1 is 1.42 bits per heavy atom. The van der Waals surface area contributed by atoms with Gasteiger partial charge in [-0.15, -0.1) is 0 Å². The van der Waals surface area contributed by atoms with Crippen molar-refractivity contribution >= 4 is 0 Å². The summed E-state index contributed by atoms with van der Waals surface area (Å²) in [7, 11) is 2.08. The monoisotopic (exact) mass is 167 g/mol. The molecule has 1 fully saturated rings. The van der Waals surface area contributed by atoms with E-state index in [1.165, 1.54) is 44.1 Å². The Balaban J connectivity index is 2.59. The lowest BCUT2D eigenvalue weighted by Crippen LogP contribution is -2.41. The zero-order valence-corrected chi connectivity index (χ0v) is 8.45. The van der Waals surface area contributed by atoms with Gasteiger partial charge in [-0.05, 0) is 26.3 Å². The summed E-state index contributed by atoms with van der Waals surface area (Å²) in [4.78, 5) is 0. The van der Waals surface area contributed by atoms with Crippen molar-refractivity contribution in [1.29, 1.82) is 0 Å². The second kappa shape index (κ2) is 4.08. The number of likely N-dealkylation sites (N-methyl/N-ethyl adjacent to an activating group) is 1. The molecule has 0 bridgehead atoms. The fourth-order valence-corrected chi connectivity index (χ4v) is 2.30. The summed E-state index contributed by atoms with van der Waals surface area (Å²) in [5.41, 5.74) is 1.72. The first kappa shape index (κ1) is 9.79. The summed E-state index contributed by atoms with van der Waals surface area (Å²) in [6, 6.07) is 0. The first-order valence-electron chi connectivity index (χ1n) is 5.12. The Kier molecular flexibility index (Phi) is 3.33. The summed E-state index contributed by atoms with van der Waals surface area (Å²) >= 11 is 0. The molecular weight excluding hydrogens is 146 g/mol. The molecule has 0 radical (unpaired) electrons. The van der Waals surface area contributed by atoms with E-state index in [-0.39, 0.29) is 0 Å². The van der Waals surface area contributed by atoms with Crippen LogP contribution < -0.4 is 5.32 Å². The summed E-state index contributed by atoms with van der Waals surface area (Å²) in [5.74, 6) is 0. The number of rotatable bonds is 4. The van der Waals surface area contributed by atoms with Crippen LogP contribution in [0.4, 0.5) is 0 Å². The number of hydrogen-bond donors (Lipinski definition) is 1. The predicted octanol–water partition coefficient (Wildman–Crippen LogP) is 2.87. The highest BCUT2D eigenvalue weighted by molar-refractivity contribution is 5.18. The SMILES string of the molecule is C=C(CCC)C1(NC)CCCC1. The van der Waals surface area contributed by atoms with Crippen LogP contribution in [-0.4, -0.2) is 12.6 Å². The minimum atomic E-state index is 0.302. The van der Waals surface area contributed by atoms with E-state index in [2.05, 4.69) is 25.9 Å². The number of hydrogen-bond acceptors (Lipinski definition) is 1. The second-order valence-corrected chi connectivity index (χ2v) is 3.89. The summed E-state index contributed by atoms with van der Waals surface area (Å²) < 4.78 is 0. The van der Waals surface area contributed by atoms with Crippen LogP contribution in [0.15, 0.2) is 12.2 Å². The Labute approximate surface area is 76.2 Å². The highest BCUT2D eigenvalue weighted by Crippen LogP contribution is 2.36. The molecule has 0 aromatic heterocycles. The lowest BCUT2D eigenvalue weighted by Gasteiger charge is -2.31. The van der Waals surface area contributed by atoms with Gasteiger partial charge in [0.15, 0.2) is 0 Å². The van der Waals surface area contributed by atoms with Crippen LogP contribution in [0.1, 0.15) is 45.4 Å². The van der Waals surface area contributed by atoms with Crippen molar-refractivity contribution in [2.45, 2.75) is 51.0 Å². The average Bonchev–Trinajstić information content (AvgIpc) is 2.54. The maximum Gasteiger partial charge on any atom is 0.0388 e. The fourth-order valence-electron chi connectivity index (χ4n) is 2.30. The molecule has 1 aliphatic rings. The lowest BCUT2D eigenvalue weighted by atomic mass is 9.86. The smallest absolute Gasteiger partial charge is 0.0388 e. The molecule has 1 N–H and O–H groups in total. The Morgan fingerprint density at radius 3 is 2.42 bits per heavy atom. The zero-order valence-electron chi connectivity index (χ0n) is 8.45. The highest BCUT2D eigenvalue weighted by atomic mass is 14.9. The fraction of sp³-hybridized carbons (Fsp3) is 0.818. The summed E-state index contributed by atoms with van der Waals surface area (Å²) in [5, 5.41) is 3.46. The molecule has 0 unspecified atom stereocenters. The zero-order chi connectivity index (χ0) is 9.03. The molecular formula is C11H21N. The summed E-state index contributed by atoms with van der Waals surface area (Å²) in [6.07, 6.45) is 7.72. The van der Waals surface area contributed by atoms with Gasteiger partial charge in [-0.3, -0.25) is 0 Å². The van der Waals surface area contributed by atoms with Gasteiger partial charge in [-0.25, -0.2) is 0 Å². The van der Waals surface area contributed by atoms with Crippen molar-refractivity contribution in [3.8, 4) is 0 Å². The van der Waals surface area contributed by atoms with E-state index < -0.39 is 0 Å². The highest BCUT2D eigenvalue weighted by Gasteiger charge is 2.33. The molecule has 1 rings (SSSR count). The first-order valence-corrected chi connectivity index (χ1v) is 5.12. The maximum atomic E-state index is 4.21. The minimum absolute atomic E-state index is 0.302. The topological polar surface area (TPSA) is 12.0 Å². The quantitative estimate of drug-likeness (QED) is 0.635. The van der Waals surface area contributed by atoms with Crippen LogP contribution in [0.5, 0.6) is 0 Å². The molecule has 1 aliphatic carbocycles.